The van der Waals surface area contributed by atoms with Crippen molar-refractivity contribution in [3.63, 3.8) is 0 Å². The van der Waals surface area contributed by atoms with Gasteiger partial charge in [-0.2, -0.15) is 0 Å². The van der Waals surface area contributed by atoms with E-state index >= 15 is 0 Å². The molecular formula is C16H28N2. The molecule has 0 aromatic heterocycles. The van der Waals surface area contributed by atoms with Crippen molar-refractivity contribution in [2.24, 2.45) is 0 Å². The largest absolute Gasteiger partial charge is 0.372 e. The molecule has 2 heteroatoms. The van der Waals surface area contributed by atoms with Crippen molar-refractivity contribution in [1.29, 1.82) is 0 Å². The van der Waals surface area contributed by atoms with Crippen LogP contribution >= 0.6 is 0 Å². The van der Waals surface area contributed by atoms with Crippen molar-refractivity contribution in [2.75, 3.05) is 31.1 Å². The molecule has 0 unspecified atom stereocenters. The van der Waals surface area contributed by atoms with Crippen LogP contribution in [0.3, 0.4) is 0 Å². The van der Waals surface area contributed by atoms with E-state index in [4.69, 9.17) is 0 Å². The second kappa shape index (κ2) is 9.95. The molecule has 18 heavy (non-hydrogen) atoms. The zero-order chi connectivity index (χ0) is 13.1. The number of para-hydroxylation sites is 1. The van der Waals surface area contributed by atoms with E-state index in [1.807, 2.05) is 0 Å². The van der Waals surface area contributed by atoms with Gasteiger partial charge in [0.25, 0.3) is 0 Å². The Balaban J connectivity index is 2.13. The van der Waals surface area contributed by atoms with Crippen LogP contribution in [-0.2, 0) is 0 Å². The first kappa shape index (κ1) is 15.0. The van der Waals surface area contributed by atoms with E-state index in [1.54, 1.807) is 0 Å². The molecule has 1 N–H and O–H groups in total. The molecule has 0 spiro atoms. The van der Waals surface area contributed by atoms with Crippen LogP contribution < -0.4 is 10.2 Å². The molecule has 2 nitrogen and oxygen atoms in total. The lowest BCUT2D eigenvalue weighted by atomic mass is 10.1. The molecule has 0 amide bonds. The van der Waals surface area contributed by atoms with E-state index in [-0.39, 0.29) is 0 Å². The Kier molecular flexibility index (Phi) is 8.32. The van der Waals surface area contributed by atoms with E-state index in [0.29, 0.717) is 0 Å². The second-order valence-electron chi connectivity index (χ2n) is 4.68. The van der Waals surface area contributed by atoms with Crippen LogP contribution in [0.1, 0.15) is 39.5 Å². The van der Waals surface area contributed by atoms with Crippen molar-refractivity contribution in [3.05, 3.63) is 30.3 Å². The van der Waals surface area contributed by atoms with Crippen LogP contribution in [-0.4, -0.2) is 26.2 Å². The summed E-state index contributed by atoms with van der Waals surface area (Å²) in [6, 6.07) is 10.7. The van der Waals surface area contributed by atoms with Crippen molar-refractivity contribution in [3.8, 4) is 0 Å². The number of unbranched alkanes of at least 4 members (excludes halogenated alkanes) is 3. The number of benzene rings is 1. The van der Waals surface area contributed by atoms with Gasteiger partial charge in [0, 0.05) is 18.8 Å². The average molecular weight is 248 g/mol. The minimum absolute atomic E-state index is 1.09. The van der Waals surface area contributed by atoms with Crippen LogP contribution in [0.4, 0.5) is 5.69 Å². The minimum Gasteiger partial charge on any atom is -0.372 e. The maximum atomic E-state index is 3.37. The fourth-order valence-electron chi connectivity index (χ4n) is 2.19. The summed E-state index contributed by atoms with van der Waals surface area (Å²) in [6.45, 7) is 8.95. The monoisotopic (exact) mass is 248 g/mol. The lowest BCUT2D eigenvalue weighted by Gasteiger charge is -2.23. The van der Waals surface area contributed by atoms with Gasteiger partial charge in [-0.25, -0.2) is 0 Å². The predicted octanol–water partition coefficient (Wildman–Crippen LogP) is 3.68. The van der Waals surface area contributed by atoms with Crippen molar-refractivity contribution in [1.82, 2.24) is 5.32 Å². The van der Waals surface area contributed by atoms with Crippen LogP contribution in [0.15, 0.2) is 30.3 Å². The Hall–Kier alpha value is -1.02. The highest BCUT2D eigenvalue weighted by molar-refractivity contribution is 5.45. The van der Waals surface area contributed by atoms with Crippen molar-refractivity contribution >= 4 is 5.69 Å². The lowest BCUT2D eigenvalue weighted by Crippen LogP contribution is -2.23. The van der Waals surface area contributed by atoms with Crippen LogP contribution in [0.5, 0.6) is 0 Å². The Labute approximate surface area is 112 Å². The van der Waals surface area contributed by atoms with Gasteiger partial charge >= 0.3 is 0 Å². The fraction of sp³-hybridized carbons (Fsp3) is 0.625. The molecule has 0 radical (unpaired) electrons. The van der Waals surface area contributed by atoms with Crippen molar-refractivity contribution < 1.29 is 0 Å². The van der Waals surface area contributed by atoms with Gasteiger partial charge in [0.15, 0.2) is 0 Å². The molecule has 1 rings (SSSR count). The molecule has 1 aromatic rings. The third-order valence-electron chi connectivity index (χ3n) is 3.28. The first-order valence-corrected chi connectivity index (χ1v) is 7.39. The maximum Gasteiger partial charge on any atom is 0.0366 e. The van der Waals surface area contributed by atoms with Gasteiger partial charge in [-0.05, 0) is 45.0 Å². The van der Waals surface area contributed by atoms with E-state index in [0.717, 1.165) is 13.1 Å². The first-order valence-electron chi connectivity index (χ1n) is 7.39. The molecule has 0 aliphatic rings. The molecule has 0 heterocycles. The number of nitrogens with one attached hydrogen (secondary N) is 1. The summed E-state index contributed by atoms with van der Waals surface area (Å²) in [7, 11) is 0. The number of anilines is 1. The number of hydrogen-bond acceptors (Lipinski definition) is 2. The molecule has 0 saturated carbocycles. The fourth-order valence-corrected chi connectivity index (χ4v) is 2.19. The standard InChI is InChI=1S/C16H28N2/c1-3-17-14-10-5-6-11-15-18(4-2)16-12-8-7-9-13-16/h7-9,12-13,17H,3-6,10-11,14-15H2,1-2H3. The van der Waals surface area contributed by atoms with Gasteiger partial charge in [0.2, 0.25) is 0 Å². The predicted molar refractivity (Wildman–Crippen MR) is 81.3 cm³/mol. The first-order chi connectivity index (χ1) is 8.88. The number of hydrogen-bond donors (Lipinski definition) is 1. The van der Waals surface area contributed by atoms with Crippen LogP contribution in [0, 0.1) is 0 Å². The lowest BCUT2D eigenvalue weighted by molar-refractivity contribution is 0.593. The van der Waals surface area contributed by atoms with Gasteiger partial charge in [0.1, 0.15) is 0 Å². The molecule has 0 aliphatic carbocycles. The Morgan fingerprint density at radius 1 is 0.944 bits per heavy atom. The van der Waals surface area contributed by atoms with E-state index in [1.165, 1.54) is 44.5 Å². The summed E-state index contributed by atoms with van der Waals surface area (Å²) in [5.74, 6) is 0. The summed E-state index contributed by atoms with van der Waals surface area (Å²) < 4.78 is 0. The molecule has 1 aromatic carbocycles. The summed E-state index contributed by atoms with van der Waals surface area (Å²) in [6.07, 6.45) is 5.30. The van der Waals surface area contributed by atoms with Gasteiger partial charge in [-0.3, -0.25) is 0 Å². The Morgan fingerprint density at radius 3 is 2.33 bits per heavy atom. The molecule has 0 atom stereocenters. The SMILES string of the molecule is CCNCCCCCCN(CC)c1ccccc1. The molecule has 0 fully saturated rings. The maximum absolute atomic E-state index is 3.37. The van der Waals surface area contributed by atoms with E-state index < -0.39 is 0 Å². The quantitative estimate of drug-likeness (QED) is 0.635. The van der Waals surface area contributed by atoms with Crippen molar-refractivity contribution in [2.45, 2.75) is 39.5 Å². The molecular weight excluding hydrogens is 220 g/mol. The summed E-state index contributed by atoms with van der Waals surface area (Å²) >= 11 is 0. The highest BCUT2D eigenvalue weighted by atomic mass is 15.1. The highest BCUT2D eigenvalue weighted by Gasteiger charge is 2.02. The third-order valence-corrected chi connectivity index (χ3v) is 3.28. The summed E-state index contributed by atoms with van der Waals surface area (Å²) in [5.41, 5.74) is 1.35. The van der Waals surface area contributed by atoms with Gasteiger partial charge < -0.3 is 10.2 Å². The van der Waals surface area contributed by atoms with Gasteiger partial charge in [-0.15, -0.1) is 0 Å². The van der Waals surface area contributed by atoms with Crippen LogP contribution in [0.2, 0.25) is 0 Å². The Bertz CT molecular complexity index is 284. The minimum atomic E-state index is 1.09. The Morgan fingerprint density at radius 2 is 1.67 bits per heavy atom. The molecule has 102 valence electrons. The zero-order valence-corrected chi connectivity index (χ0v) is 12.0. The summed E-state index contributed by atoms with van der Waals surface area (Å²) in [5, 5.41) is 3.37. The third kappa shape index (κ3) is 6.06. The zero-order valence-electron chi connectivity index (χ0n) is 12.0. The molecule has 0 saturated heterocycles. The van der Waals surface area contributed by atoms with Gasteiger partial charge in [0.05, 0.1) is 0 Å². The highest BCUT2D eigenvalue weighted by Crippen LogP contribution is 2.14. The second-order valence-corrected chi connectivity index (χ2v) is 4.68. The smallest absolute Gasteiger partial charge is 0.0366 e. The molecule has 0 aliphatic heterocycles. The van der Waals surface area contributed by atoms with Gasteiger partial charge in [-0.1, -0.05) is 38.0 Å². The average Bonchev–Trinajstić information content (AvgIpc) is 2.43. The number of nitrogens with zero attached hydrogens (tertiary/aromatic N) is 1. The van der Waals surface area contributed by atoms with E-state index in [9.17, 15) is 0 Å². The van der Waals surface area contributed by atoms with E-state index in [2.05, 4.69) is 54.4 Å². The molecule has 0 bridgehead atoms. The van der Waals surface area contributed by atoms with Crippen LogP contribution in [0.25, 0.3) is 0 Å². The summed E-state index contributed by atoms with van der Waals surface area (Å²) in [4.78, 5) is 2.46. The normalized spacial score (nSPS) is 10.6. The topological polar surface area (TPSA) is 15.3 Å². The number of rotatable bonds is 10.